The van der Waals surface area contributed by atoms with Crippen LogP contribution in [-0.2, 0) is 9.53 Å². The monoisotopic (exact) mass is 257 g/mol. The average Bonchev–Trinajstić information content (AvgIpc) is 2.74. The van der Waals surface area contributed by atoms with Gasteiger partial charge < -0.3 is 4.74 Å². The van der Waals surface area contributed by atoms with Gasteiger partial charge in [-0.2, -0.15) is 0 Å². The van der Waals surface area contributed by atoms with Crippen molar-refractivity contribution in [3.05, 3.63) is 16.1 Å². The van der Waals surface area contributed by atoms with Crippen molar-refractivity contribution in [1.29, 1.82) is 0 Å². The molecular weight excluding hydrogens is 241 g/mol. The van der Waals surface area contributed by atoms with E-state index in [0.717, 1.165) is 10.7 Å². The van der Waals surface area contributed by atoms with Gasteiger partial charge in [-0.15, -0.1) is 11.3 Å². The standard InChI is InChI=1S/C12H16FNO2S/c1-7-14-11(6-17-7)9-4-3-8(13)5-10(9)12(15)16-2/h6,8-10H,3-5H2,1-2H3/t8-,9+,10+/m0/s1. The number of methoxy groups -OCH3 is 1. The number of nitrogens with zero attached hydrogens (tertiary/aromatic N) is 1. The largest absolute Gasteiger partial charge is 0.469 e. The number of rotatable bonds is 2. The molecule has 3 nitrogen and oxygen atoms in total. The van der Waals surface area contributed by atoms with Crippen LogP contribution in [0.25, 0.3) is 0 Å². The molecule has 17 heavy (non-hydrogen) atoms. The summed E-state index contributed by atoms with van der Waals surface area (Å²) in [5, 5.41) is 2.94. The highest BCUT2D eigenvalue weighted by atomic mass is 32.1. The van der Waals surface area contributed by atoms with Gasteiger partial charge in [0.1, 0.15) is 6.17 Å². The number of hydrogen-bond acceptors (Lipinski definition) is 4. The van der Waals surface area contributed by atoms with Crippen LogP contribution in [0.4, 0.5) is 4.39 Å². The molecule has 0 amide bonds. The van der Waals surface area contributed by atoms with Gasteiger partial charge in [-0.1, -0.05) is 0 Å². The molecule has 0 N–H and O–H groups in total. The Bertz CT molecular complexity index is 407. The number of hydrogen-bond donors (Lipinski definition) is 0. The number of carbonyl (C=O) groups excluding carboxylic acids is 1. The molecule has 3 atom stereocenters. The van der Waals surface area contributed by atoms with Gasteiger partial charge in [-0.05, 0) is 26.2 Å². The SMILES string of the molecule is COC(=O)[C@@H]1C[C@@H](F)CC[C@H]1c1csc(C)n1. The highest BCUT2D eigenvalue weighted by molar-refractivity contribution is 7.09. The summed E-state index contributed by atoms with van der Waals surface area (Å²) in [5.41, 5.74) is 0.912. The molecule has 1 heterocycles. The maximum atomic E-state index is 13.4. The quantitative estimate of drug-likeness (QED) is 0.765. The average molecular weight is 257 g/mol. The van der Waals surface area contributed by atoms with E-state index >= 15 is 0 Å². The van der Waals surface area contributed by atoms with Crippen molar-refractivity contribution in [2.24, 2.45) is 5.92 Å². The summed E-state index contributed by atoms with van der Waals surface area (Å²) in [4.78, 5) is 16.1. The predicted molar refractivity (Wildman–Crippen MR) is 63.8 cm³/mol. The Morgan fingerprint density at radius 1 is 1.59 bits per heavy atom. The summed E-state index contributed by atoms with van der Waals surface area (Å²) < 4.78 is 18.2. The second kappa shape index (κ2) is 5.12. The van der Waals surface area contributed by atoms with E-state index in [9.17, 15) is 9.18 Å². The van der Waals surface area contributed by atoms with E-state index in [4.69, 9.17) is 4.74 Å². The van der Waals surface area contributed by atoms with E-state index in [1.165, 1.54) is 7.11 Å². The fraction of sp³-hybridized carbons (Fsp3) is 0.667. The molecule has 1 aromatic rings. The van der Waals surface area contributed by atoms with Gasteiger partial charge in [0.15, 0.2) is 0 Å². The first-order chi connectivity index (χ1) is 8.11. The van der Waals surface area contributed by atoms with Crippen LogP contribution in [0.3, 0.4) is 0 Å². The number of thiazole rings is 1. The highest BCUT2D eigenvalue weighted by Crippen LogP contribution is 2.39. The minimum absolute atomic E-state index is 0.0133. The Kier molecular flexibility index (Phi) is 3.76. The summed E-state index contributed by atoms with van der Waals surface area (Å²) in [6.07, 6.45) is 0.544. The third-order valence-electron chi connectivity index (χ3n) is 3.31. The maximum absolute atomic E-state index is 13.4. The molecule has 0 aliphatic heterocycles. The Morgan fingerprint density at radius 2 is 2.35 bits per heavy atom. The molecule has 0 bridgehead atoms. The van der Waals surface area contributed by atoms with E-state index in [1.807, 2.05) is 12.3 Å². The molecule has 0 spiro atoms. The molecule has 2 rings (SSSR count). The smallest absolute Gasteiger partial charge is 0.309 e. The van der Waals surface area contributed by atoms with Gasteiger partial charge in [-0.3, -0.25) is 4.79 Å². The van der Waals surface area contributed by atoms with E-state index in [-0.39, 0.29) is 24.2 Å². The number of alkyl halides is 1. The number of esters is 1. The zero-order valence-electron chi connectivity index (χ0n) is 9.98. The minimum atomic E-state index is -0.893. The molecule has 0 aromatic carbocycles. The Balaban J connectivity index is 2.21. The Morgan fingerprint density at radius 3 is 2.94 bits per heavy atom. The maximum Gasteiger partial charge on any atom is 0.309 e. The van der Waals surface area contributed by atoms with Crippen molar-refractivity contribution in [2.45, 2.75) is 38.3 Å². The molecule has 0 unspecified atom stereocenters. The lowest BCUT2D eigenvalue weighted by Gasteiger charge is -2.30. The summed E-state index contributed by atoms with van der Waals surface area (Å²) in [7, 11) is 1.35. The van der Waals surface area contributed by atoms with Gasteiger partial charge in [0.25, 0.3) is 0 Å². The van der Waals surface area contributed by atoms with E-state index in [1.54, 1.807) is 11.3 Å². The minimum Gasteiger partial charge on any atom is -0.469 e. The molecule has 94 valence electrons. The molecule has 0 saturated heterocycles. The lowest BCUT2D eigenvalue weighted by Crippen LogP contribution is -2.31. The number of aryl methyl sites for hydroxylation is 1. The van der Waals surface area contributed by atoms with Crippen molar-refractivity contribution in [2.75, 3.05) is 7.11 Å². The van der Waals surface area contributed by atoms with E-state index in [2.05, 4.69) is 4.98 Å². The summed E-state index contributed by atoms with van der Waals surface area (Å²) in [5.74, 6) is -0.687. The fourth-order valence-corrected chi connectivity index (χ4v) is 3.11. The lowest BCUT2D eigenvalue weighted by molar-refractivity contribution is -0.148. The summed E-state index contributed by atoms with van der Waals surface area (Å²) >= 11 is 1.56. The van der Waals surface area contributed by atoms with Gasteiger partial charge in [-0.25, -0.2) is 9.37 Å². The van der Waals surface area contributed by atoms with Crippen molar-refractivity contribution >= 4 is 17.3 Å². The topological polar surface area (TPSA) is 39.2 Å². The third kappa shape index (κ3) is 2.65. The molecule has 5 heteroatoms. The molecule has 1 aliphatic rings. The van der Waals surface area contributed by atoms with Crippen LogP contribution in [0.1, 0.15) is 35.9 Å². The van der Waals surface area contributed by atoms with Crippen LogP contribution >= 0.6 is 11.3 Å². The van der Waals surface area contributed by atoms with Crippen molar-refractivity contribution < 1.29 is 13.9 Å². The predicted octanol–water partition coefficient (Wildman–Crippen LogP) is 2.85. The molecule has 1 saturated carbocycles. The van der Waals surface area contributed by atoms with Crippen LogP contribution in [0.2, 0.25) is 0 Å². The van der Waals surface area contributed by atoms with Gasteiger partial charge >= 0.3 is 5.97 Å². The second-order valence-corrected chi connectivity index (χ2v) is 5.50. The Labute approximate surface area is 104 Å². The van der Waals surface area contributed by atoms with Crippen LogP contribution in [0.15, 0.2) is 5.38 Å². The zero-order chi connectivity index (χ0) is 12.4. The van der Waals surface area contributed by atoms with E-state index < -0.39 is 6.17 Å². The Hall–Kier alpha value is -0.970. The first-order valence-corrected chi connectivity index (χ1v) is 6.63. The molecule has 0 radical (unpaired) electrons. The third-order valence-corrected chi connectivity index (χ3v) is 4.10. The zero-order valence-corrected chi connectivity index (χ0v) is 10.8. The highest BCUT2D eigenvalue weighted by Gasteiger charge is 2.38. The fourth-order valence-electron chi connectivity index (χ4n) is 2.44. The number of aromatic nitrogens is 1. The van der Waals surface area contributed by atoms with Crippen LogP contribution < -0.4 is 0 Å². The number of halogens is 1. The normalized spacial score (nSPS) is 29.0. The van der Waals surface area contributed by atoms with Crippen LogP contribution in [0.5, 0.6) is 0 Å². The van der Waals surface area contributed by atoms with Gasteiger partial charge in [0.2, 0.25) is 0 Å². The molecule has 1 aromatic heterocycles. The second-order valence-electron chi connectivity index (χ2n) is 4.44. The first-order valence-electron chi connectivity index (χ1n) is 5.75. The van der Waals surface area contributed by atoms with Gasteiger partial charge in [0, 0.05) is 11.3 Å². The number of ether oxygens (including phenoxy) is 1. The van der Waals surface area contributed by atoms with Crippen LogP contribution in [0, 0.1) is 12.8 Å². The summed E-state index contributed by atoms with van der Waals surface area (Å²) in [6, 6.07) is 0. The molecule has 1 aliphatic carbocycles. The van der Waals surface area contributed by atoms with Crippen molar-refractivity contribution in [3.63, 3.8) is 0 Å². The van der Waals surface area contributed by atoms with E-state index in [0.29, 0.717) is 12.8 Å². The number of carbonyl (C=O) groups is 1. The van der Waals surface area contributed by atoms with Crippen LogP contribution in [-0.4, -0.2) is 24.2 Å². The summed E-state index contributed by atoms with van der Waals surface area (Å²) in [6.45, 7) is 1.93. The first kappa shape index (κ1) is 12.5. The molecule has 1 fully saturated rings. The van der Waals surface area contributed by atoms with Gasteiger partial charge in [0.05, 0.1) is 23.7 Å². The lowest BCUT2D eigenvalue weighted by atomic mass is 9.77. The van der Waals surface area contributed by atoms with Crippen molar-refractivity contribution in [3.8, 4) is 0 Å². The molecular formula is C12H16FNO2S. The van der Waals surface area contributed by atoms with Crippen molar-refractivity contribution in [1.82, 2.24) is 4.98 Å².